The highest BCUT2D eigenvalue weighted by atomic mass is 16.5. The highest BCUT2D eigenvalue weighted by Gasteiger charge is 2.34. The Bertz CT molecular complexity index is 1180. The van der Waals surface area contributed by atoms with Crippen LogP contribution in [0.25, 0.3) is 10.8 Å². The first-order valence-corrected chi connectivity index (χ1v) is 10.4. The first-order valence-electron chi connectivity index (χ1n) is 10.4. The van der Waals surface area contributed by atoms with Crippen molar-refractivity contribution in [2.75, 3.05) is 11.9 Å². The average molecular weight is 430 g/mol. The highest BCUT2D eigenvalue weighted by Crippen LogP contribution is 2.24. The predicted molar refractivity (Wildman–Crippen MR) is 119 cm³/mol. The Hall–Kier alpha value is -4.00. The number of nitrogens with one attached hydrogen (secondary N) is 1. The van der Waals surface area contributed by atoms with Gasteiger partial charge in [-0.3, -0.25) is 24.1 Å². The van der Waals surface area contributed by atoms with Gasteiger partial charge < -0.3 is 10.1 Å². The van der Waals surface area contributed by atoms with Gasteiger partial charge in [-0.15, -0.1) is 0 Å². The number of benzene rings is 3. The molecule has 0 saturated carbocycles. The topological polar surface area (TPSA) is 92.8 Å². The van der Waals surface area contributed by atoms with E-state index in [1.807, 2.05) is 36.4 Å². The van der Waals surface area contributed by atoms with Gasteiger partial charge in [0.2, 0.25) is 0 Å². The minimum absolute atomic E-state index is 0.0146. The quantitative estimate of drug-likeness (QED) is 0.455. The van der Waals surface area contributed by atoms with Crippen molar-refractivity contribution in [1.29, 1.82) is 0 Å². The van der Waals surface area contributed by atoms with E-state index in [0.717, 1.165) is 15.7 Å². The smallest absolute Gasteiger partial charge is 0.306 e. The van der Waals surface area contributed by atoms with E-state index in [1.54, 1.807) is 30.3 Å². The third-order valence-electron chi connectivity index (χ3n) is 5.37. The van der Waals surface area contributed by atoms with Gasteiger partial charge in [-0.25, -0.2) is 0 Å². The largest absolute Gasteiger partial charge is 0.453 e. The van der Waals surface area contributed by atoms with E-state index in [0.29, 0.717) is 16.8 Å². The van der Waals surface area contributed by atoms with E-state index in [2.05, 4.69) is 5.32 Å². The first kappa shape index (κ1) is 21.2. The number of hydrogen-bond donors (Lipinski definition) is 1. The van der Waals surface area contributed by atoms with Crippen LogP contribution in [0.1, 0.15) is 40.5 Å². The van der Waals surface area contributed by atoms with E-state index in [-0.39, 0.29) is 31.2 Å². The number of nitrogens with zero attached hydrogens (tertiary/aromatic N) is 1. The number of carbonyl (C=O) groups is 4. The monoisotopic (exact) mass is 430 g/mol. The van der Waals surface area contributed by atoms with Crippen LogP contribution in [0.3, 0.4) is 0 Å². The normalized spacial score (nSPS) is 13.7. The van der Waals surface area contributed by atoms with Crippen molar-refractivity contribution in [1.82, 2.24) is 4.90 Å². The van der Waals surface area contributed by atoms with Crippen LogP contribution in [0.4, 0.5) is 5.69 Å². The number of ether oxygens (including phenoxy) is 1. The zero-order valence-electron chi connectivity index (χ0n) is 17.5. The maximum absolute atomic E-state index is 12.5. The second-order valence-corrected chi connectivity index (χ2v) is 7.56. The third kappa shape index (κ3) is 4.23. The van der Waals surface area contributed by atoms with Crippen molar-refractivity contribution >= 4 is 40.2 Å². The van der Waals surface area contributed by atoms with Crippen LogP contribution in [0.15, 0.2) is 66.7 Å². The summed E-state index contributed by atoms with van der Waals surface area (Å²) in [6.45, 7) is 1.61. The summed E-state index contributed by atoms with van der Waals surface area (Å²) in [6.07, 6.45) is -0.748. The molecule has 0 radical (unpaired) electrons. The summed E-state index contributed by atoms with van der Waals surface area (Å²) in [5.74, 6) is -1.72. The molecule has 4 rings (SSSR count). The standard InChI is InChI=1S/C25H22N2O5/c1-16(23(29)26-21-13-6-9-17-8-2-3-10-18(17)21)32-22(28)14-7-15-27-24(30)19-11-4-5-12-20(19)25(27)31/h2-6,8-13,16H,7,14-15H2,1H3,(H,26,29). The molecule has 32 heavy (non-hydrogen) atoms. The van der Waals surface area contributed by atoms with Gasteiger partial charge in [-0.2, -0.15) is 0 Å². The van der Waals surface area contributed by atoms with E-state index < -0.39 is 18.0 Å². The molecule has 0 spiro atoms. The van der Waals surface area contributed by atoms with Crippen molar-refractivity contribution in [3.05, 3.63) is 77.9 Å². The van der Waals surface area contributed by atoms with Crippen LogP contribution >= 0.6 is 0 Å². The molecule has 0 bridgehead atoms. The predicted octanol–water partition coefficient (Wildman–Crippen LogP) is 3.79. The van der Waals surface area contributed by atoms with Crippen LogP contribution in [-0.4, -0.2) is 41.2 Å². The van der Waals surface area contributed by atoms with Crippen LogP contribution in [0.5, 0.6) is 0 Å². The SMILES string of the molecule is CC(OC(=O)CCCN1C(=O)c2ccccc2C1=O)C(=O)Nc1cccc2ccccc12. The van der Waals surface area contributed by atoms with E-state index >= 15 is 0 Å². The second-order valence-electron chi connectivity index (χ2n) is 7.56. The average Bonchev–Trinajstić information content (AvgIpc) is 3.04. The molecular weight excluding hydrogens is 408 g/mol. The molecule has 7 nitrogen and oxygen atoms in total. The molecule has 0 saturated heterocycles. The molecule has 0 aromatic heterocycles. The fraction of sp³-hybridized carbons (Fsp3) is 0.200. The Kier molecular flexibility index (Phi) is 5.98. The van der Waals surface area contributed by atoms with Crippen molar-refractivity contribution in [2.24, 2.45) is 0 Å². The van der Waals surface area contributed by atoms with E-state index in [4.69, 9.17) is 4.74 Å². The van der Waals surface area contributed by atoms with Gasteiger partial charge in [0.25, 0.3) is 17.7 Å². The summed E-state index contributed by atoms with van der Waals surface area (Å²) >= 11 is 0. The molecule has 0 fully saturated rings. The van der Waals surface area contributed by atoms with Crippen LogP contribution < -0.4 is 5.32 Å². The van der Waals surface area contributed by atoms with Gasteiger partial charge in [0.15, 0.2) is 6.10 Å². The lowest BCUT2D eigenvalue weighted by Gasteiger charge is -2.16. The van der Waals surface area contributed by atoms with Crippen molar-refractivity contribution in [2.45, 2.75) is 25.9 Å². The molecule has 0 aliphatic carbocycles. The molecule has 7 heteroatoms. The molecular formula is C25H22N2O5. The first-order chi connectivity index (χ1) is 15.5. The summed E-state index contributed by atoms with van der Waals surface area (Å²) in [6, 6.07) is 19.9. The van der Waals surface area contributed by atoms with Gasteiger partial charge in [0.1, 0.15) is 0 Å². The zero-order valence-corrected chi connectivity index (χ0v) is 17.5. The van der Waals surface area contributed by atoms with E-state index in [1.165, 1.54) is 6.92 Å². The van der Waals surface area contributed by atoms with Crippen LogP contribution in [-0.2, 0) is 14.3 Å². The Morgan fingerprint density at radius 1 is 0.906 bits per heavy atom. The van der Waals surface area contributed by atoms with Gasteiger partial charge in [0.05, 0.1) is 11.1 Å². The van der Waals surface area contributed by atoms with Crippen LogP contribution in [0.2, 0.25) is 0 Å². The van der Waals surface area contributed by atoms with Crippen molar-refractivity contribution in [3.8, 4) is 0 Å². The van der Waals surface area contributed by atoms with Crippen LogP contribution in [0, 0.1) is 0 Å². The highest BCUT2D eigenvalue weighted by molar-refractivity contribution is 6.21. The Morgan fingerprint density at radius 2 is 1.53 bits per heavy atom. The fourth-order valence-corrected chi connectivity index (χ4v) is 3.70. The minimum atomic E-state index is -0.985. The maximum atomic E-state index is 12.5. The second kappa shape index (κ2) is 9.01. The van der Waals surface area contributed by atoms with E-state index in [9.17, 15) is 19.2 Å². The number of esters is 1. The molecule has 1 heterocycles. The molecule has 1 aliphatic rings. The molecule has 3 amide bonds. The summed E-state index contributed by atoms with van der Waals surface area (Å²) in [7, 11) is 0. The number of imide groups is 1. The van der Waals surface area contributed by atoms with Crippen molar-refractivity contribution in [3.63, 3.8) is 0 Å². The fourth-order valence-electron chi connectivity index (χ4n) is 3.70. The summed E-state index contributed by atoms with van der Waals surface area (Å²) in [5, 5.41) is 4.68. The van der Waals surface area contributed by atoms with Gasteiger partial charge >= 0.3 is 5.97 Å². The molecule has 3 aromatic carbocycles. The van der Waals surface area contributed by atoms with Gasteiger partial charge in [-0.05, 0) is 36.9 Å². The Balaban J connectivity index is 1.27. The Morgan fingerprint density at radius 3 is 2.25 bits per heavy atom. The lowest BCUT2D eigenvalue weighted by Crippen LogP contribution is -2.32. The number of amides is 3. The molecule has 162 valence electrons. The number of fused-ring (bicyclic) bond motifs is 2. The molecule has 1 N–H and O–H groups in total. The summed E-state index contributed by atoms with van der Waals surface area (Å²) in [5.41, 5.74) is 1.39. The number of anilines is 1. The van der Waals surface area contributed by atoms with Gasteiger partial charge in [-0.1, -0.05) is 48.5 Å². The molecule has 1 unspecified atom stereocenters. The molecule has 3 aromatic rings. The number of carbonyl (C=O) groups excluding carboxylic acids is 4. The van der Waals surface area contributed by atoms with Gasteiger partial charge in [0, 0.05) is 24.0 Å². The third-order valence-corrected chi connectivity index (χ3v) is 5.37. The lowest BCUT2D eigenvalue weighted by atomic mass is 10.1. The van der Waals surface area contributed by atoms with Crippen molar-refractivity contribution < 1.29 is 23.9 Å². The zero-order chi connectivity index (χ0) is 22.7. The number of rotatable bonds is 7. The minimum Gasteiger partial charge on any atom is -0.453 e. The summed E-state index contributed by atoms with van der Waals surface area (Å²) in [4.78, 5) is 50.5. The molecule has 1 aliphatic heterocycles. The summed E-state index contributed by atoms with van der Waals surface area (Å²) < 4.78 is 5.24. The molecule has 1 atom stereocenters. The number of hydrogen-bond acceptors (Lipinski definition) is 5. The maximum Gasteiger partial charge on any atom is 0.306 e. The lowest BCUT2D eigenvalue weighted by molar-refractivity contribution is -0.153. The Labute approximate surface area is 185 Å².